The Bertz CT molecular complexity index is 1100. The third kappa shape index (κ3) is 4.21. The van der Waals surface area contributed by atoms with E-state index < -0.39 is 11.9 Å². The SMILES string of the molecule is CN1CCN(C[C@H]2CN(c3ccc(-n4cc(-c5ccccn5)cn4)c(F)c3)C(=O)O2)CC1. The summed E-state index contributed by atoms with van der Waals surface area (Å²) in [6, 6.07) is 10.3. The highest BCUT2D eigenvalue weighted by Crippen LogP contribution is 2.26. The quantitative estimate of drug-likeness (QED) is 0.613. The van der Waals surface area contributed by atoms with Gasteiger partial charge in [-0.15, -0.1) is 0 Å². The number of rotatable bonds is 5. The molecule has 2 aliphatic rings. The normalized spacial score (nSPS) is 20.0. The van der Waals surface area contributed by atoms with Crippen LogP contribution in [-0.2, 0) is 4.74 Å². The lowest BCUT2D eigenvalue weighted by molar-refractivity contribution is 0.0841. The molecule has 2 fully saturated rings. The molecule has 8 nitrogen and oxygen atoms in total. The zero-order valence-electron chi connectivity index (χ0n) is 17.9. The minimum atomic E-state index is -0.464. The van der Waals surface area contributed by atoms with Crippen LogP contribution in [0.4, 0.5) is 14.9 Å². The van der Waals surface area contributed by atoms with Crippen molar-refractivity contribution >= 4 is 11.8 Å². The first-order chi connectivity index (χ1) is 15.6. The highest BCUT2D eigenvalue weighted by molar-refractivity contribution is 5.89. The van der Waals surface area contributed by atoms with Crippen LogP contribution in [0.15, 0.2) is 55.0 Å². The van der Waals surface area contributed by atoms with Crippen LogP contribution in [0.1, 0.15) is 0 Å². The molecule has 2 saturated heterocycles. The molecule has 2 aromatic heterocycles. The molecule has 0 aliphatic carbocycles. The number of halogens is 1. The molecule has 5 rings (SSSR count). The Morgan fingerprint density at radius 3 is 2.75 bits per heavy atom. The Kier molecular flexibility index (Phi) is 5.59. The van der Waals surface area contributed by atoms with Crippen LogP contribution < -0.4 is 4.90 Å². The first kappa shape index (κ1) is 20.6. The average Bonchev–Trinajstić information content (AvgIpc) is 3.43. The predicted molar refractivity (Wildman–Crippen MR) is 118 cm³/mol. The Labute approximate surface area is 185 Å². The van der Waals surface area contributed by atoms with Gasteiger partial charge in [-0.05, 0) is 37.4 Å². The van der Waals surface area contributed by atoms with Crippen LogP contribution in [0.2, 0.25) is 0 Å². The van der Waals surface area contributed by atoms with Crippen molar-refractivity contribution in [2.75, 3.05) is 51.2 Å². The number of piperazine rings is 1. The summed E-state index contributed by atoms with van der Waals surface area (Å²) >= 11 is 0. The van der Waals surface area contributed by atoms with Crippen molar-refractivity contribution in [1.82, 2.24) is 24.6 Å². The molecule has 1 aromatic carbocycles. The van der Waals surface area contributed by atoms with Crippen molar-refractivity contribution < 1.29 is 13.9 Å². The monoisotopic (exact) mass is 436 g/mol. The minimum absolute atomic E-state index is 0.222. The van der Waals surface area contributed by atoms with Crippen LogP contribution in [0, 0.1) is 5.82 Å². The van der Waals surface area contributed by atoms with Gasteiger partial charge in [0, 0.05) is 50.7 Å². The molecule has 4 heterocycles. The molecule has 0 spiro atoms. The van der Waals surface area contributed by atoms with E-state index in [1.165, 1.54) is 15.6 Å². The molecular formula is C23H25FN6O2. The Hall–Kier alpha value is -3.30. The Morgan fingerprint density at radius 1 is 1.16 bits per heavy atom. The number of aromatic nitrogens is 3. The van der Waals surface area contributed by atoms with Gasteiger partial charge in [-0.1, -0.05) is 6.07 Å². The predicted octanol–water partition coefficient (Wildman–Crippen LogP) is 2.65. The topological polar surface area (TPSA) is 66.7 Å². The molecule has 166 valence electrons. The molecule has 0 unspecified atom stereocenters. The number of cyclic esters (lactones) is 1. The van der Waals surface area contributed by atoms with E-state index >= 15 is 0 Å². The third-order valence-electron chi connectivity index (χ3n) is 5.96. The summed E-state index contributed by atoms with van der Waals surface area (Å²) < 4.78 is 22.0. The highest BCUT2D eigenvalue weighted by Gasteiger charge is 2.34. The van der Waals surface area contributed by atoms with Gasteiger partial charge in [0.05, 0.1) is 24.1 Å². The molecule has 2 aliphatic heterocycles. The number of carbonyl (C=O) groups is 1. The molecule has 0 saturated carbocycles. The number of pyridine rings is 1. The van der Waals surface area contributed by atoms with E-state index in [0.29, 0.717) is 24.5 Å². The number of hydrogen-bond donors (Lipinski definition) is 0. The molecule has 1 amide bonds. The summed E-state index contributed by atoms with van der Waals surface area (Å²) in [5.41, 5.74) is 2.35. The lowest BCUT2D eigenvalue weighted by Crippen LogP contribution is -2.47. The first-order valence-electron chi connectivity index (χ1n) is 10.7. The van der Waals surface area contributed by atoms with Gasteiger partial charge in [-0.2, -0.15) is 5.10 Å². The van der Waals surface area contributed by atoms with Gasteiger partial charge in [0.25, 0.3) is 0 Å². The van der Waals surface area contributed by atoms with Crippen molar-refractivity contribution in [2.45, 2.75) is 6.10 Å². The number of ether oxygens (including phenoxy) is 1. The lowest BCUT2D eigenvalue weighted by Gasteiger charge is -2.33. The second-order valence-corrected chi connectivity index (χ2v) is 8.24. The van der Waals surface area contributed by atoms with Gasteiger partial charge in [0.1, 0.15) is 11.8 Å². The molecule has 0 N–H and O–H groups in total. The summed E-state index contributed by atoms with van der Waals surface area (Å²) in [7, 11) is 2.11. The van der Waals surface area contributed by atoms with Crippen molar-refractivity contribution in [2.24, 2.45) is 0 Å². The average molecular weight is 436 g/mol. The number of nitrogens with zero attached hydrogens (tertiary/aromatic N) is 6. The molecule has 1 atom stereocenters. The third-order valence-corrected chi connectivity index (χ3v) is 5.96. The number of likely N-dealkylation sites (N-methyl/N-ethyl adjacent to an activating group) is 1. The Morgan fingerprint density at radius 2 is 2.00 bits per heavy atom. The molecule has 0 bridgehead atoms. The number of anilines is 1. The maximum Gasteiger partial charge on any atom is 0.414 e. The van der Waals surface area contributed by atoms with Crippen LogP contribution in [0.5, 0.6) is 0 Å². The standard InChI is InChI=1S/C23H25FN6O2/c1-27-8-10-28(11-9-27)15-19-16-29(23(31)32-19)18-5-6-22(20(24)12-18)30-14-17(13-26-30)21-4-2-3-7-25-21/h2-7,12-14,19H,8-11,15-16H2,1H3/t19-/m0/s1. The smallest absolute Gasteiger partial charge is 0.414 e. The second-order valence-electron chi connectivity index (χ2n) is 8.24. The van der Waals surface area contributed by atoms with Crippen LogP contribution in [-0.4, -0.2) is 83.1 Å². The number of carbonyl (C=O) groups excluding carboxylic acids is 1. The summed E-state index contributed by atoms with van der Waals surface area (Å²) in [5.74, 6) is -0.464. The van der Waals surface area contributed by atoms with Gasteiger partial charge < -0.3 is 9.64 Å². The van der Waals surface area contributed by atoms with Crippen LogP contribution >= 0.6 is 0 Å². The molecule has 3 aromatic rings. The lowest BCUT2D eigenvalue weighted by atomic mass is 10.2. The van der Waals surface area contributed by atoms with E-state index in [1.54, 1.807) is 30.7 Å². The van der Waals surface area contributed by atoms with Crippen LogP contribution in [0.25, 0.3) is 16.9 Å². The van der Waals surface area contributed by atoms with E-state index in [2.05, 4.69) is 26.9 Å². The van der Waals surface area contributed by atoms with E-state index in [4.69, 9.17) is 4.74 Å². The van der Waals surface area contributed by atoms with Gasteiger partial charge in [-0.25, -0.2) is 13.9 Å². The number of amides is 1. The molecular weight excluding hydrogens is 411 g/mol. The first-order valence-corrected chi connectivity index (χ1v) is 10.7. The summed E-state index contributed by atoms with van der Waals surface area (Å²) in [5, 5.41) is 4.27. The largest absolute Gasteiger partial charge is 0.443 e. The highest BCUT2D eigenvalue weighted by atomic mass is 19.1. The minimum Gasteiger partial charge on any atom is -0.443 e. The van der Waals surface area contributed by atoms with Crippen molar-refractivity contribution in [3.63, 3.8) is 0 Å². The van der Waals surface area contributed by atoms with E-state index in [-0.39, 0.29) is 6.10 Å². The van der Waals surface area contributed by atoms with E-state index in [1.807, 2.05) is 18.2 Å². The van der Waals surface area contributed by atoms with Crippen molar-refractivity contribution in [3.05, 3.63) is 60.8 Å². The fourth-order valence-electron chi connectivity index (χ4n) is 4.12. The summed E-state index contributed by atoms with van der Waals surface area (Å²) in [6.45, 7) is 5.03. The maximum absolute atomic E-state index is 15.0. The fraction of sp³-hybridized carbons (Fsp3) is 0.348. The van der Waals surface area contributed by atoms with Gasteiger partial charge >= 0.3 is 6.09 Å². The van der Waals surface area contributed by atoms with Crippen molar-refractivity contribution in [3.8, 4) is 16.9 Å². The number of benzene rings is 1. The van der Waals surface area contributed by atoms with Crippen LogP contribution in [0.3, 0.4) is 0 Å². The summed E-state index contributed by atoms with van der Waals surface area (Å²) in [6.07, 6.45) is 4.43. The zero-order valence-corrected chi connectivity index (χ0v) is 17.9. The van der Waals surface area contributed by atoms with Crippen molar-refractivity contribution in [1.29, 1.82) is 0 Å². The Balaban J connectivity index is 1.28. The molecule has 32 heavy (non-hydrogen) atoms. The van der Waals surface area contributed by atoms with Gasteiger partial charge in [0.2, 0.25) is 0 Å². The fourth-order valence-corrected chi connectivity index (χ4v) is 4.12. The number of hydrogen-bond acceptors (Lipinski definition) is 6. The molecule has 0 radical (unpaired) electrons. The van der Waals surface area contributed by atoms with Gasteiger partial charge in [-0.3, -0.25) is 14.8 Å². The second kappa shape index (κ2) is 8.68. The summed E-state index contributed by atoms with van der Waals surface area (Å²) in [4.78, 5) is 22.8. The van der Waals surface area contributed by atoms with Gasteiger partial charge in [0.15, 0.2) is 5.82 Å². The van der Waals surface area contributed by atoms with E-state index in [0.717, 1.165) is 37.4 Å². The molecule has 9 heteroatoms. The maximum atomic E-state index is 15.0. The van der Waals surface area contributed by atoms with E-state index in [9.17, 15) is 9.18 Å². The zero-order chi connectivity index (χ0) is 22.1.